The normalized spacial score (nSPS) is 10.9. The van der Waals surface area contributed by atoms with E-state index in [4.69, 9.17) is 0 Å². The molecule has 0 aliphatic carbocycles. The maximum atomic E-state index is 3.66. The second-order valence-electron chi connectivity index (χ2n) is 31.8. The maximum absolute atomic E-state index is 3.66. The number of fused-ring (bicyclic) bond motifs is 6. The lowest BCUT2D eigenvalue weighted by Gasteiger charge is -2.15. The molecule has 0 saturated carbocycles. The van der Waals surface area contributed by atoms with Crippen LogP contribution >= 0.6 is 0 Å². The summed E-state index contributed by atoms with van der Waals surface area (Å²) in [4.78, 5) is 0. The van der Waals surface area contributed by atoms with Crippen LogP contribution in [0.15, 0.2) is 309 Å². The molecule has 0 N–H and O–H groups in total. The first-order valence-corrected chi connectivity index (χ1v) is 49.1. The van der Waals surface area contributed by atoms with Crippen LogP contribution in [0.25, 0.3) is 98.0 Å². The standard InChI is InChI=1S/C111H78Si3/c1-112(2,3)73-70-97-67-61-91-25-13-19-31-103(91)109(97)106-94(64-58-88-22-10-16-28-100(88)106)55-52-82-40-34-79(35-41-82)46-49-85-76-86(50-47-80-36-42-83(43-37-80)53-56-95-65-59-89-23-11-17-29-101(89)107(95)110-98(71-74-113(4,5)6)68-62-92-26-14-20-32-104(92)110)78-87(77-85)51-48-81-38-44-84(45-39-81)54-57-96-66-60-90-24-12-18-30-102(90)108(96)111-99(72-75-114(7,8)9)69-63-93-27-15-21-33-105(93)111/h10-45,58-69,76-78H,1-9H3. The van der Waals surface area contributed by atoms with Crippen molar-refractivity contribution in [2.24, 2.45) is 0 Å². The van der Waals surface area contributed by atoms with Crippen molar-refractivity contribution in [3.05, 3.63) is 393 Å². The summed E-state index contributed by atoms with van der Waals surface area (Å²) in [6, 6.07) is 108. The lowest BCUT2D eigenvalue weighted by Crippen LogP contribution is -2.16. The smallest absolute Gasteiger partial charge is 0.127 e. The Kier molecular flexibility index (Phi) is 20.7. The van der Waals surface area contributed by atoms with Gasteiger partial charge in [-0.05, 0) is 192 Å². The molecule has 0 aliphatic heterocycles. The van der Waals surface area contributed by atoms with Crippen molar-refractivity contribution in [2.75, 3.05) is 0 Å². The molecule has 0 nitrogen and oxygen atoms in total. The number of benzene rings is 16. The second kappa shape index (κ2) is 32.0. The molecule has 16 rings (SSSR count). The van der Waals surface area contributed by atoms with Crippen molar-refractivity contribution in [3.63, 3.8) is 0 Å². The highest BCUT2D eigenvalue weighted by molar-refractivity contribution is 6.84. The molecule has 534 valence electrons. The third-order valence-electron chi connectivity index (χ3n) is 19.7. The first-order valence-electron chi connectivity index (χ1n) is 38.6. The van der Waals surface area contributed by atoms with Crippen molar-refractivity contribution >= 4 is 88.9 Å². The zero-order valence-electron chi connectivity index (χ0n) is 65.4. The number of hydrogen-bond donors (Lipinski definition) is 0. The third kappa shape index (κ3) is 17.0. The van der Waals surface area contributed by atoms with E-state index in [1.807, 2.05) is 54.6 Å². The molecule has 0 unspecified atom stereocenters. The Labute approximate surface area is 674 Å². The lowest BCUT2D eigenvalue weighted by molar-refractivity contribution is 1.54. The van der Waals surface area contributed by atoms with Crippen molar-refractivity contribution in [3.8, 4) is 139 Å². The van der Waals surface area contributed by atoms with Crippen LogP contribution < -0.4 is 0 Å². The Bertz CT molecular complexity index is 6530. The van der Waals surface area contributed by atoms with Crippen LogP contribution in [0.3, 0.4) is 0 Å². The van der Waals surface area contributed by atoms with E-state index in [1.165, 1.54) is 16.2 Å². The minimum atomic E-state index is -1.71. The van der Waals surface area contributed by atoms with E-state index in [1.54, 1.807) is 0 Å². The van der Waals surface area contributed by atoms with Gasteiger partial charge in [0.05, 0.1) is 0 Å². The number of rotatable bonds is 3. The Morgan fingerprint density at radius 1 is 0.149 bits per heavy atom. The van der Waals surface area contributed by atoms with Crippen LogP contribution in [0.4, 0.5) is 0 Å². The summed E-state index contributed by atoms with van der Waals surface area (Å²) >= 11 is 0. The SMILES string of the molecule is C[Si](C)(C)C#Cc1ccc2ccccc2c1-c1c(C#Cc2ccc(C#Cc3cc(C#Cc4ccc(C#Cc5ccc6ccccc6c5-c5c(C#C[Si](C)(C)C)ccc6ccccc56)cc4)cc(C#Cc4ccc(C#Cc5ccc6ccccc6c5-c5c(C#C[Si](C)(C)C)ccc6ccccc56)cc4)c3)cc2)ccc2ccccc12. The fraction of sp³-hybridized carbons (Fsp3) is 0.0811. The monoisotopic (exact) mass is 1490 g/mol. The van der Waals surface area contributed by atoms with Gasteiger partial charge in [0.25, 0.3) is 0 Å². The van der Waals surface area contributed by atoms with Gasteiger partial charge in [0.1, 0.15) is 24.2 Å². The van der Waals surface area contributed by atoms with E-state index in [0.717, 1.165) is 165 Å². The van der Waals surface area contributed by atoms with Gasteiger partial charge in [-0.25, -0.2) is 0 Å². The van der Waals surface area contributed by atoms with Crippen LogP contribution in [0.2, 0.25) is 58.9 Å². The highest BCUT2D eigenvalue weighted by atomic mass is 28.3. The molecule has 16 aromatic rings. The van der Waals surface area contributed by atoms with Crippen LogP contribution in [-0.2, 0) is 0 Å². The third-order valence-corrected chi connectivity index (χ3v) is 22.3. The lowest BCUT2D eigenvalue weighted by atomic mass is 9.87. The Hall–Kier alpha value is -14.2. The van der Waals surface area contributed by atoms with Gasteiger partial charge in [-0.2, -0.15) is 0 Å². The van der Waals surface area contributed by atoms with E-state index in [2.05, 4.69) is 419 Å². The Morgan fingerprint density at radius 3 is 0.491 bits per heavy atom. The van der Waals surface area contributed by atoms with Gasteiger partial charge in [0.15, 0.2) is 0 Å². The van der Waals surface area contributed by atoms with Gasteiger partial charge in [-0.1, -0.05) is 330 Å². The van der Waals surface area contributed by atoms with Crippen molar-refractivity contribution in [2.45, 2.75) is 58.9 Å². The molecule has 0 heterocycles. The summed E-state index contributed by atoms with van der Waals surface area (Å²) in [6.07, 6.45) is 0. The molecular formula is C111H78Si3. The molecule has 0 atom stereocenters. The summed E-state index contributed by atoms with van der Waals surface area (Å²) in [5.41, 5.74) is 31.1. The van der Waals surface area contributed by atoms with E-state index >= 15 is 0 Å². The Morgan fingerprint density at radius 2 is 0.307 bits per heavy atom. The molecule has 0 radical (unpaired) electrons. The van der Waals surface area contributed by atoms with E-state index < -0.39 is 24.2 Å². The molecule has 0 fully saturated rings. The highest BCUT2D eigenvalue weighted by Crippen LogP contribution is 2.43. The molecular weight excluding hydrogens is 1420 g/mol. The van der Waals surface area contributed by atoms with Crippen LogP contribution in [0, 0.1) is 105 Å². The van der Waals surface area contributed by atoms with Gasteiger partial charge in [0, 0.05) is 117 Å². The quantitative estimate of drug-likeness (QED) is 0.122. The van der Waals surface area contributed by atoms with Gasteiger partial charge < -0.3 is 0 Å². The second-order valence-corrected chi connectivity index (χ2v) is 46.0. The molecule has 0 saturated heterocycles. The molecule has 114 heavy (non-hydrogen) atoms. The average molecular weight is 1500 g/mol. The predicted molar refractivity (Wildman–Crippen MR) is 493 cm³/mol. The van der Waals surface area contributed by atoms with E-state index in [0.29, 0.717) is 0 Å². The minimum Gasteiger partial charge on any atom is -0.127 e. The minimum absolute atomic E-state index is 0.788. The summed E-state index contributed by atoms with van der Waals surface area (Å²) in [5, 5.41) is 13.9. The fourth-order valence-corrected chi connectivity index (χ4v) is 15.8. The number of hydrogen-bond acceptors (Lipinski definition) is 0. The average Bonchev–Trinajstić information content (AvgIpc) is 0.762. The molecule has 0 spiro atoms. The van der Waals surface area contributed by atoms with Crippen molar-refractivity contribution in [1.29, 1.82) is 0 Å². The molecule has 0 amide bonds. The topological polar surface area (TPSA) is 0 Å². The largest absolute Gasteiger partial charge is 0.129 e. The summed E-state index contributed by atoms with van der Waals surface area (Å²) in [6.45, 7) is 20.6. The fourth-order valence-electron chi connectivity index (χ4n) is 14.2. The molecule has 16 aromatic carbocycles. The van der Waals surface area contributed by atoms with Gasteiger partial charge in [-0.15, -0.1) is 16.6 Å². The van der Waals surface area contributed by atoms with Crippen LogP contribution in [0.5, 0.6) is 0 Å². The van der Waals surface area contributed by atoms with Crippen LogP contribution in [0.1, 0.15) is 83.5 Å². The predicted octanol–water partition coefficient (Wildman–Crippen LogP) is 25.7. The zero-order valence-corrected chi connectivity index (χ0v) is 68.4. The summed E-state index contributed by atoms with van der Waals surface area (Å²) in [7, 11) is -5.13. The summed E-state index contributed by atoms with van der Waals surface area (Å²) in [5.74, 6) is 53.3. The highest BCUT2D eigenvalue weighted by Gasteiger charge is 2.21. The zero-order chi connectivity index (χ0) is 78.3. The van der Waals surface area contributed by atoms with Gasteiger partial charge in [0.2, 0.25) is 0 Å². The van der Waals surface area contributed by atoms with Crippen molar-refractivity contribution in [1.82, 2.24) is 0 Å². The van der Waals surface area contributed by atoms with Gasteiger partial charge in [-0.3, -0.25) is 0 Å². The van der Waals surface area contributed by atoms with Crippen LogP contribution in [-0.4, -0.2) is 24.2 Å². The molecule has 0 aliphatic rings. The first kappa shape index (κ1) is 73.9. The van der Waals surface area contributed by atoms with E-state index in [9.17, 15) is 0 Å². The molecule has 0 bridgehead atoms. The van der Waals surface area contributed by atoms with Gasteiger partial charge >= 0.3 is 0 Å². The van der Waals surface area contributed by atoms with Crippen molar-refractivity contribution < 1.29 is 0 Å². The molecule has 3 heteroatoms. The molecule has 0 aromatic heterocycles. The maximum Gasteiger partial charge on any atom is 0.129 e. The van der Waals surface area contributed by atoms with E-state index in [-0.39, 0.29) is 0 Å². The summed E-state index contributed by atoms with van der Waals surface area (Å²) < 4.78 is 0. The Balaban J connectivity index is 0.726. The first-order chi connectivity index (χ1) is 55.3.